The number of nitro groups is 1. The van der Waals surface area contributed by atoms with Gasteiger partial charge in [-0.1, -0.05) is 12.1 Å². The average Bonchev–Trinajstić information content (AvgIpc) is 3.31. The predicted octanol–water partition coefficient (Wildman–Crippen LogP) is 2.68. The Hall–Kier alpha value is -2.75. The molecule has 1 fully saturated rings. The number of aromatic nitrogens is 2. The van der Waals surface area contributed by atoms with Gasteiger partial charge in [-0.05, 0) is 45.2 Å². The number of nitro benzene ring substituents is 1. The molecule has 1 aliphatic carbocycles. The molecule has 1 heterocycles. The first-order chi connectivity index (χ1) is 13.0. The van der Waals surface area contributed by atoms with Gasteiger partial charge in [0.15, 0.2) is 5.69 Å². The van der Waals surface area contributed by atoms with Crippen molar-refractivity contribution in [2.24, 2.45) is 0 Å². The van der Waals surface area contributed by atoms with Crippen LogP contribution >= 0.6 is 0 Å². The lowest BCUT2D eigenvalue weighted by Gasteiger charge is -2.22. The largest absolute Gasteiger partial charge is 0.285 e. The van der Waals surface area contributed by atoms with Crippen LogP contribution in [0.5, 0.6) is 0 Å². The van der Waals surface area contributed by atoms with Crippen LogP contribution in [0.1, 0.15) is 61.3 Å². The van der Waals surface area contributed by atoms with Crippen molar-refractivity contribution < 1.29 is 18.1 Å². The highest BCUT2D eigenvalue weighted by molar-refractivity contribution is 7.89. The quantitative estimate of drug-likeness (QED) is 0.581. The van der Waals surface area contributed by atoms with Crippen LogP contribution in [0.3, 0.4) is 0 Å². The summed E-state index contributed by atoms with van der Waals surface area (Å²) in [6, 6.07) is 6.79. The van der Waals surface area contributed by atoms with Gasteiger partial charge in [0.2, 0.25) is 10.0 Å². The molecule has 1 saturated carbocycles. The Morgan fingerprint density at radius 1 is 1.29 bits per heavy atom. The highest BCUT2D eigenvalue weighted by atomic mass is 32.2. The van der Waals surface area contributed by atoms with Gasteiger partial charge in [0.05, 0.1) is 16.2 Å². The second-order valence-electron chi connectivity index (χ2n) is 7.93. The minimum absolute atomic E-state index is 0.0594. The Labute approximate surface area is 162 Å². The van der Waals surface area contributed by atoms with Crippen LogP contribution in [0.15, 0.2) is 30.3 Å². The number of hydrogen-bond acceptors (Lipinski definition) is 6. The Balaban J connectivity index is 1.75. The highest BCUT2D eigenvalue weighted by Gasteiger charge is 2.33. The minimum atomic E-state index is -3.98. The number of carbonyl (C=O) groups excluding carboxylic acids is 1. The number of nitrogens with one attached hydrogen (secondary N) is 1. The van der Waals surface area contributed by atoms with Crippen molar-refractivity contribution in [3.8, 4) is 0 Å². The third kappa shape index (κ3) is 4.56. The van der Waals surface area contributed by atoms with Crippen LogP contribution in [-0.2, 0) is 21.3 Å². The van der Waals surface area contributed by atoms with E-state index in [1.54, 1.807) is 10.7 Å². The zero-order valence-electron chi connectivity index (χ0n) is 15.9. The van der Waals surface area contributed by atoms with Crippen molar-refractivity contribution in [3.05, 3.63) is 57.4 Å². The molecule has 1 N–H and O–H groups in total. The first-order valence-electron chi connectivity index (χ1n) is 8.85. The Kier molecular flexibility index (Phi) is 5.00. The Morgan fingerprint density at radius 2 is 1.89 bits per heavy atom. The predicted molar refractivity (Wildman–Crippen MR) is 102 cm³/mol. The van der Waals surface area contributed by atoms with E-state index in [0.29, 0.717) is 11.5 Å². The summed E-state index contributed by atoms with van der Waals surface area (Å²) in [5, 5.41) is 15.0. The number of non-ortho nitro benzene ring substituents is 1. The van der Waals surface area contributed by atoms with E-state index < -0.39 is 26.6 Å². The topological polar surface area (TPSA) is 124 Å². The highest BCUT2D eigenvalue weighted by Crippen LogP contribution is 2.41. The summed E-state index contributed by atoms with van der Waals surface area (Å²) in [6.45, 7) is 5.91. The van der Waals surface area contributed by atoms with Gasteiger partial charge in [0.25, 0.3) is 11.6 Å². The molecule has 0 unspecified atom stereocenters. The molecule has 150 valence electrons. The molecule has 0 saturated heterocycles. The molecule has 28 heavy (non-hydrogen) atoms. The third-order valence-corrected chi connectivity index (χ3v) is 5.56. The maximum Gasteiger partial charge on any atom is 0.285 e. The zero-order chi connectivity index (χ0) is 20.7. The molecule has 0 radical (unpaired) electrons. The molecule has 0 aliphatic heterocycles. The Bertz CT molecular complexity index is 1020. The van der Waals surface area contributed by atoms with Crippen molar-refractivity contribution in [2.45, 2.75) is 50.8 Å². The van der Waals surface area contributed by atoms with Gasteiger partial charge in [0.1, 0.15) is 0 Å². The summed E-state index contributed by atoms with van der Waals surface area (Å²) in [6.07, 6.45) is 2.06. The summed E-state index contributed by atoms with van der Waals surface area (Å²) in [5.74, 6) is -0.900. The van der Waals surface area contributed by atoms with E-state index in [1.165, 1.54) is 24.3 Å². The summed E-state index contributed by atoms with van der Waals surface area (Å²) < 4.78 is 28.5. The number of hydrogen-bond donors (Lipinski definition) is 1. The van der Waals surface area contributed by atoms with Crippen molar-refractivity contribution in [3.63, 3.8) is 0 Å². The number of benzene rings is 1. The van der Waals surface area contributed by atoms with E-state index in [-0.39, 0.29) is 16.9 Å². The second-order valence-corrected chi connectivity index (χ2v) is 9.65. The van der Waals surface area contributed by atoms with Crippen molar-refractivity contribution in [1.82, 2.24) is 14.5 Å². The third-order valence-electron chi connectivity index (χ3n) is 4.35. The van der Waals surface area contributed by atoms with Crippen LogP contribution in [0.4, 0.5) is 5.69 Å². The van der Waals surface area contributed by atoms with Gasteiger partial charge in [0, 0.05) is 23.7 Å². The molecular formula is C18H22N4O5S. The maximum absolute atomic E-state index is 12.5. The number of nitrogens with zero attached hydrogens (tertiary/aromatic N) is 3. The Morgan fingerprint density at radius 3 is 2.39 bits per heavy atom. The fraction of sp³-hybridized carbons (Fsp3) is 0.444. The van der Waals surface area contributed by atoms with Gasteiger partial charge >= 0.3 is 0 Å². The van der Waals surface area contributed by atoms with Crippen LogP contribution in [0, 0.1) is 10.1 Å². The van der Waals surface area contributed by atoms with Crippen molar-refractivity contribution >= 4 is 21.6 Å². The summed E-state index contributed by atoms with van der Waals surface area (Å²) in [5.41, 5.74) is 0.874. The van der Waals surface area contributed by atoms with Gasteiger partial charge in [-0.2, -0.15) is 5.10 Å². The van der Waals surface area contributed by atoms with E-state index in [4.69, 9.17) is 0 Å². The molecule has 1 aliphatic rings. The van der Waals surface area contributed by atoms with Crippen LogP contribution < -0.4 is 4.72 Å². The maximum atomic E-state index is 12.5. The second kappa shape index (κ2) is 7.01. The normalized spacial score (nSPS) is 14.7. The molecule has 1 amide bonds. The molecule has 1 aromatic heterocycles. The van der Waals surface area contributed by atoms with Crippen LogP contribution in [0.25, 0.3) is 0 Å². The fourth-order valence-corrected chi connectivity index (χ4v) is 3.97. The number of amides is 1. The molecule has 9 nitrogen and oxygen atoms in total. The molecular weight excluding hydrogens is 384 g/mol. The summed E-state index contributed by atoms with van der Waals surface area (Å²) >= 11 is 0. The standard InChI is InChI=1S/C18H22N4O5S/c1-18(2,3)21-16(13-6-7-13)10-15(19-21)17(23)20-28(26,27)11-12-4-8-14(9-5-12)22(24)25/h4-5,8-10,13H,6-7,11H2,1-3H3,(H,20,23). The van der Waals surface area contributed by atoms with Gasteiger partial charge in [-0.25, -0.2) is 13.1 Å². The van der Waals surface area contributed by atoms with E-state index in [2.05, 4.69) is 5.10 Å². The van der Waals surface area contributed by atoms with E-state index in [1.807, 2.05) is 25.5 Å². The molecule has 10 heteroatoms. The van der Waals surface area contributed by atoms with E-state index in [0.717, 1.165) is 18.5 Å². The van der Waals surface area contributed by atoms with E-state index >= 15 is 0 Å². The smallest absolute Gasteiger partial charge is 0.266 e. The first-order valence-corrected chi connectivity index (χ1v) is 10.5. The van der Waals surface area contributed by atoms with Crippen molar-refractivity contribution in [1.29, 1.82) is 0 Å². The number of sulfonamides is 1. The zero-order valence-corrected chi connectivity index (χ0v) is 16.7. The molecule has 2 aromatic rings. The van der Waals surface area contributed by atoms with Gasteiger partial charge < -0.3 is 0 Å². The molecule has 0 bridgehead atoms. The lowest BCUT2D eigenvalue weighted by molar-refractivity contribution is -0.384. The van der Waals surface area contributed by atoms with Gasteiger partial charge in [-0.3, -0.25) is 19.6 Å². The SMILES string of the molecule is CC(C)(C)n1nc(C(=O)NS(=O)(=O)Cc2ccc([N+](=O)[O-])cc2)cc1C1CC1. The molecule has 1 aromatic carbocycles. The summed E-state index contributed by atoms with van der Waals surface area (Å²) in [4.78, 5) is 22.6. The lowest BCUT2D eigenvalue weighted by atomic mass is 10.1. The van der Waals surface area contributed by atoms with Crippen LogP contribution in [0.2, 0.25) is 0 Å². The van der Waals surface area contributed by atoms with Crippen LogP contribution in [-0.4, -0.2) is 29.0 Å². The molecule has 0 spiro atoms. The average molecular weight is 406 g/mol. The van der Waals surface area contributed by atoms with Gasteiger partial charge in [-0.15, -0.1) is 0 Å². The van der Waals surface area contributed by atoms with E-state index in [9.17, 15) is 23.3 Å². The molecule has 3 rings (SSSR count). The molecule has 0 atom stereocenters. The monoisotopic (exact) mass is 406 g/mol. The fourth-order valence-electron chi connectivity index (χ4n) is 2.88. The first kappa shape index (κ1) is 20.0. The number of carbonyl (C=O) groups is 1. The minimum Gasteiger partial charge on any atom is -0.266 e. The number of rotatable bonds is 6. The van der Waals surface area contributed by atoms with Crippen molar-refractivity contribution in [2.75, 3.05) is 0 Å². The summed E-state index contributed by atoms with van der Waals surface area (Å²) in [7, 11) is -3.98. The lowest BCUT2D eigenvalue weighted by Crippen LogP contribution is -2.32.